The normalized spacial score (nSPS) is 18.2. The summed E-state index contributed by atoms with van der Waals surface area (Å²) in [6.07, 6.45) is 1.74. The monoisotopic (exact) mass is 357 g/mol. The zero-order chi connectivity index (χ0) is 17.0. The average Bonchev–Trinajstić information content (AvgIpc) is 3.01. The molecule has 5 nitrogen and oxygen atoms in total. The molecule has 134 valence electrons. The number of nitrogens with zero attached hydrogens (tertiary/aromatic N) is 1. The van der Waals surface area contributed by atoms with E-state index in [0.717, 1.165) is 18.4 Å². The summed E-state index contributed by atoms with van der Waals surface area (Å²) >= 11 is 0. The van der Waals surface area contributed by atoms with Gasteiger partial charge in [-0.2, -0.15) is 0 Å². The number of hydrogen-bond acceptors (Lipinski definition) is 3. The molecule has 1 aromatic carbocycles. The van der Waals surface area contributed by atoms with Gasteiger partial charge in [0.2, 0.25) is 11.8 Å². The van der Waals surface area contributed by atoms with Crippen molar-refractivity contribution in [2.45, 2.75) is 38.8 Å². The van der Waals surface area contributed by atoms with E-state index >= 15 is 0 Å². The van der Waals surface area contributed by atoms with Crippen molar-refractivity contribution >= 4 is 24.2 Å². The van der Waals surface area contributed by atoms with Crippen molar-refractivity contribution in [3.05, 3.63) is 35.6 Å². The van der Waals surface area contributed by atoms with Crippen molar-refractivity contribution in [3.8, 4) is 0 Å². The number of nitrogens with two attached hydrogens (primary N) is 1. The van der Waals surface area contributed by atoms with Crippen molar-refractivity contribution in [1.82, 2.24) is 10.2 Å². The van der Waals surface area contributed by atoms with Gasteiger partial charge in [0, 0.05) is 6.54 Å². The van der Waals surface area contributed by atoms with Gasteiger partial charge >= 0.3 is 0 Å². The first-order chi connectivity index (χ1) is 10.9. The van der Waals surface area contributed by atoms with Crippen LogP contribution in [0.4, 0.5) is 4.39 Å². The van der Waals surface area contributed by atoms with Gasteiger partial charge in [-0.3, -0.25) is 9.59 Å². The SMILES string of the molecule is CC(C)[C@H](N)C(=O)NCC(=O)N1CCCC1c1ccc(F)cc1.Cl. The Bertz CT molecular complexity index is 565. The molecule has 7 heteroatoms. The van der Waals surface area contributed by atoms with Crippen LogP contribution in [-0.4, -0.2) is 35.8 Å². The molecule has 3 N–H and O–H groups in total. The molecule has 1 saturated heterocycles. The standard InChI is InChI=1S/C17H24FN3O2.ClH/c1-11(2)16(19)17(23)20-10-15(22)21-9-3-4-14(21)12-5-7-13(18)8-6-12;/h5-8,11,14,16H,3-4,9-10,19H2,1-2H3,(H,20,23);1H/t14?,16-;/m0./s1. The van der Waals surface area contributed by atoms with E-state index in [9.17, 15) is 14.0 Å². The first-order valence-electron chi connectivity index (χ1n) is 7.98. The Morgan fingerprint density at radius 3 is 2.54 bits per heavy atom. The topological polar surface area (TPSA) is 75.4 Å². The largest absolute Gasteiger partial charge is 0.346 e. The van der Waals surface area contributed by atoms with Crippen LogP contribution in [0.3, 0.4) is 0 Å². The minimum Gasteiger partial charge on any atom is -0.346 e. The molecule has 2 atom stereocenters. The van der Waals surface area contributed by atoms with E-state index < -0.39 is 6.04 Å². The number of amides is 2. The van der Waals surface area contributed by atoms with Crippen molar-refractivity contribution in [3.63, 3.8) is 0 Å². The lowest BCUT2D eigenvalue weighted by Gasteiger charge is -2.25. The Morgan fingerprint density at radius 2 is 1.96 bits per heavy atom. The number of benzene rings is 1. The molecular formula is C17H25ClFN3O2. The third kappa shape index (κ3) is 4.92. The first-order valence-corrected chi connectivity index (χ1v) is 7.98. The average molecular weight is 358 g/mol. The lowest BCUT2D eigenvalue weighted by Crippen LogP contribution is -2.47. The lowest BCUT2D eigenvalue weighted by atomic mass is 10.0. The summed E-state index contributed by atoms with van der Waals surface area (Å²) < 4.78 is 13.0. The highest BCUT2D eigenvalue weighted by Crippen LogP contribution is 2.31. The van der Waals surface area contributed by atoms with Gasteiger partial charge in [-0.15, -0.1) is 12.4 Å². The van der Waals surface area contributed by atoms with Gasteiger partial charge in [-0.1, -0.05) is 26.0 Å². The predicted octanol–water partition coefficient (Wildman–Crippen LogP) is 2.01. The fourth-order valence-corrected chi connectivity index (χ4v) is 2.78. The predicted molar refractivity (Wildman–Crippen MR) is 93.2 cm³/mol. The highest BCUT2D eigenvalue weighted by atomic mass is 35.5. The summed E-state index contributed by atoms with van der Waals surface area (Å²) in [4.78, 5) is 26.0. The lowest BCUT2D eigenvalue weighted by molar-refractivity contribution is -0.134. The van der Waals surface area contributed by atoms with Gasteiger partial charge in [0.15, 0.2) is 0 Å². The number of rotatable bonds is 5. The van der Waals surface area contributed by atoms with Crippen LogP contribution in [-0.2, 0) is 9.59 Å². The molecule has 2 rings (SSSR count). The molecule has 0 bridgehead atoms. The van der Waals surface area contributed by atoms with Crippen LogP contribution in [0.15, 0.2) is 24.3 Å². The molecular weight excluding hydrogens is 333 g/mol. The van der Waals surface area contributed by atoms with Crippen LogP contribution in [0, 0.1) is 11.7 Å². The highest BCUT2D eigenvalue weighted by Gasteiger charge is 2.30. The molecule has 1 unspecified atom stereocenters. The summed E-state index contributed by atoms with van der Waals surface area (Å²) in [5.41, 5.74) is 6.68. The van der Waals surface area contributed by atoms with E-state index in [1.54, 1.807) is 17.0 Å². The van der Waals surface area contributed by atoms with Crippen molar-refractivity contribution in [1.29, 1.82) is 0 Å². The Kier molecular flexibility index (Phi) is 7.63. The van der Waals surface area contributed by atoms with E-state index in [0.29, 0.717) is 6.54 Å². The third-order valence-electron chi connectivity index (χ3n) is 4.26. The first kappa shape index (κ1) is 20.4. The molecule has 0 spiro atoms. The maximum Gasteiger partial charge on any atom is 0.242 e. The summed E-state index contributed by atoms with van der Waals surface area (Å²) in [7, 11) is 0. The van der Waals surface area contributed by atoms with Crippen LogP contribution in [0.1, 0.15) is 38.3 Å². The minimum atomic E-state index is -0.616. The number of halogens is 2. The molecule has 0 radical (unpaired) electrons. The van der Waals surface area contributed by atoms with Crippen LogP contribution >= 0.6 is 12.4 Å². The number of carbonyl (C=O) groups is 2. The Morgan fingerprint density at radius 1 is 1.33 bits per heavy atom. The van der Waals surface area contributed by atoms with Crippen LogP contribution < -0.4 is 11.1 Å². The molecule has 0 saturated carbocycles. The molecule has 1 aliphatic rings. The second kappa shape index (κ2) is 8.99. The Balaban J connectivity index is 0.00000288. The Labute approximate surface area is 148 Å². The molecule has 1 heterocycles. The quantitative estimate of drug-likeness (QED) is 0.846. The second-order valence-electron chi connectivity index (χ2n) is 6.28. The number of carbonyl (C=O) groups excluding carboxylic acids is 2. The van der Waals surface area contributed by atoms with Crippen LogP contribution in [0.5, 0.6) is 0 Å². The van der Waals surface area contributed by atoms with E-state index in [4.69, 9.17) is 5.73 Å². The summed E-state index contributed by atoms with van der Waals surface area (Å²) in [6.45, 7) is 4.30. The van der Waals surface area contributed by atoms with E-state index in [1.807, 2.05) is 13.8 Å². The maximum absolute atomic E-state index is 13.0. The summed E-state index contributed by atoms with van der Waals surface area (Å²) in [5, 5.41) is 2.61. The van der Waals surface area contributed by atoms with E-state index in [1.165, 1.54) is 12.1 Å². The number of hydrogen-bond donors (Lipinski definition) is 2. The van der Waals surface area contributed by atoms with Gasteiger partial charge in [0.1, 0.15) is 5.82 Å². The maximum atomic E-state index is 13.0. The summed E-state index contributed by atoms with van der Waals surface area (Å²) in [5.74, 6) is -0.726. The molecule has 0 aromatic heterocycles. The molecule has 1 aliphatic heterocycles. The molecule has 2 amide bonds. The molecule has 24 heavy (non-hydrogen) atoms. The smallest absolute Gasteiger partial charge is 0.242 e. The van der Waals surface area contributed by atoms with Crippen molar-refractivity contribution in [2.24, 2.45) is 11.7 Å². The van der Waals surface area contributed by atoms with Gasteiger partial charge in [0.25, 0.3) is 0 Å². The Hall–Kier alpha value is -1.66. The van der Waals surface area contributed by atoms with Crippen molar-refractivity contribution < 1.29 is 14.0 Å². The number of likely N-dealkylation sites (tertiary alicyclic amines) is 1. The second-order valence-corrected chi connectivity index (χ2v) is 6.28. The van der Waals surface area contributed by atoms with Crippen molar-refractivity contribution in [2.75, 3.05) is 13.1 Å². The highest BCUT2D eigenvalue weighted by molar-refractivity contribution is 5.87. The minimum absolute atomic E-state index is 0. The van der Waals surface area contributed by atoms with Gasteiger partial charge < -0.3 is 16.0 Å². The number of nitrogens with one attached hydrogen (secondary N) is 1. The van der Waals surface area contributed by atoms with Gasteiger partial charge in [-0.25, -0.2) is 4.39 Å². The van der Waals surface area contributed by atoms with Crippen LogP contribution in [0.2, 0.25) is 0 Å². The fourth-order valence-electron chi connectivity index (χ4n) is 2.78. The van der Waals surface area contributed by atoms with Gasteiger partial charge in [0.05, 0.1) is 18.6 Å². The molecule has 1 fully saturated rings. The third-order valence-corrected chi connectivity index (χ3v) is 4.26. The fraction of sp³-hybridized carbons (Fsp3) is 0.529. The molecule has 1 aromatic rings. The summed E-state index contributed by atoms with van der Waals surface area (Å²) in [6, 6.07) is 5.55. The zero-order valence-electron chi connectivity index (χ0n) is 14.0. The van der Waals surface area contributed by atoms with E-state index in [-0.39, 0.29) is 48.5 Å². The molecule has 0 aliphatic carbocycles. The van der Waals surface area contributed by atoms with Crippen LogP contribution in [0.25, 0.3) is 0 Å². The van der Waals surface area contributed by atoms with Gasteiger partial charge in [-0.05, 0) is 36.5 Å². The van der Waals surface area contributed by atoms with E-state index in [2.05, 4.69) is 5.32 Å². The zero-order valence-corrected chi connectivity index (χ0v) is 14.8.